The van der Waals surface area contributed by atoms with Gasteiger partial charge in [-0.05, 0) is 139 Å². The molecule has 14 heteroatoms. The maximum Gasteiger partial charge on any atom is 0.189 e. The van der Waals surface area contributed by atoms with Crippen LogP contribution >= 0.6 is 70.6 Å². The quantitative estimate of drug-likeness (QED) is 0.0590. The van der Waals surface area contributed by atoms with Crippen LogP contribution in [0.2, 0.25) is 0 Å². The second-order valence-electron chi connectivity index (χ2n) is 21.8. The lowest BCUT2D eigenvalue weighted by atomic mass is 9.91. The number of benzene rings is 6. The molecule has 7 aliphatic heterocycles. The number of hydrogen-bond donors (Lipinski definition) is 0. The molecule has 0 spiro atoms. The molecule has 384 valence electrons. The van der Waals surface area contributed by atoms with Crippen molar-refractivity contribution in [2.24, 2.45) is 11.8 Å². The van der Waals surface area contributed by atoms with Gasteiger partial charge < -0.3 is 0 Å². The number of nitrogens with zero attached hydrogens (tertiary/aromatic N) is 8. The highest BCUT2D eigenvalue weighted by molar-refractivity contribution is 8.15. The molecule has 2 saturated heterocycles. The van der Waals surface area contributed by atoms with Crippen LogP contribution in [0.15, 0.2) is 97.1 Å². The Morgan fingerprint density at radius 2 is 0.581 bits per heavy atom. The average Bonchev–Trinajstić information content (AvgIpc) is 4.08. The second-order valence-corrected chi connectivity index (χ2v) is 26.8. The van der Waals surface area contributed by atoms with E-state index >= 15 is 0 Å². The van der Waals surface area contributed by atoms with Crippen molar-refractivity contribution >= 4 is 144 Å². The van der Waals surface area contributed by atoms with Crippen LogP contribution in [0.5, 0.6) is 0 Å². The van der Waals surface area contributed by atoms with Crippen molar-refractivity contribution in [3.63, 3.8) is 0 Å². The van der Waals surface area contributed by atoms with E-state index in [1.807, 2.05) is 0 Å². The molecule has 7 aliphatic rings. The van der Waals surface area contributed by atoms with Crippen molar-refractivity contribution in [3.8, 4) is 0 Å². The molecule has 0 N–H and O–H groups in total. The van der Waals surface area contributed by atoms with Gasteiger partial charge in [-0.1, -0.05) is 188 Å². The van der Waals surface area contributed by atoms with Crippen molar-refractivity contribution in [1.82, 2.24) is 36.8 Å². The van der Waals surface area contributed by atoms with Crippen molar-refractivity contribution in [1.29, 1.82) is 0 Å². The lowest BCUT2D eigenvalue weighted by Gasteiger charge is -2.41. The monoisotopic (exact) mass is 1090 g/mol. The number of hydrogen-bond acceptors (Lipinski definition) is 4. The lowest BCUT2D eigenvalue weighted by molar-refractivity contribution is 0.281. The van der Waals surface area contributed by atoms with Crippen LogP contribution in [-0.2, 0) is 26.2 Å². The molecule has 6 aromatic carbocycles. The van der Waals surface area contributed by atoms with Gasteiger partial charge in [-0.25, -0.2) is 0 Å². The van der Waals surface area contributed by atoms with E-state index in [0.717, 1.165) is 46.6 Å². The van der Waals surface area contributed by atoms with Crippen molar-refractivity contribution in [2.75, 3.05) is 26.2 Å². The van der Waals surface area contributed by atoms with E-state index in [1.54, 1.807) is 0 Å². The maximum atomic E-state index is 6.79. The largest absolute Gasteiger partial charge is 0.296 e. The summed E-state index contributed by atoms with van der Waals surface area (Å²) in [5, 5.41) is 16.5. The number of unbranched alkanes of at least 4 members (excludes halogenated alkanes) is 10. The molecule has 0 radical (unpaired) electrons. The Balaban J connectivity index is 0.975. The Morgan fingerprint density at radius 3 is 0.824 bits per heavy atom. The van der Waals surface area contributed by atoms with Crippen LogP contribution in [0.25, 0.3) is 43.1 Å². The van der Waals surface area contributed by atoms with E-state index < -0.39 is 21.7 Å². The highest BCUT2D eigenvalue weighted by Crippen LogP contribution is 2.52. The zero-order valence-electron chi connectivity index (χ0n) is 43.0. The first-order valence-corrected chi connectivity index (χ1v) is 31.7. The molecular formula is C60H68N8S6. The first kappa shape index (κ1) is 49.2. The van der Waals surface area contributed by atoms with E-state index in [4.69, 9.17) is 48.9 Å². The standard InChI is InChI=1S/C60H68N8S6/c1-3-5-7-9-11-13-23-41-33-61-55(69)65-37-51-43-25-15-19-29-47(43)53(48-30-20-16-26-44(48)51)39-67-57(71)63-35-42(24-14-12-10-8-6-4-2)36-64-58(72)68(74(67)60(63)64)40-54-49-31-21-17-27-45(49)52(46-28-18-22-32-50(46)54)38-66-56(70)62(34-41)59(61)73(65)66/h15-22,25-32,41-42H,3-14,23-24,33-40H2,1-2H3. The number of rotatable bonds is 14. The van der Waals surface area contributed by atoms with E-state index in [-0.39, 0.29) is 0 Å². The predicted molar refractivity (Wildman–Crippen MR) is 330 cm³/mol. The molecule has 0 aromatic heterocycles. The van der Waals surface area contributed by atoms with Crippen LogP contribution in [-0.4, -0.2) is 93.7 Å². The molecule has 0 atom stereocenters. The molecule has 2 fully saturated rings. The van der Waals surface area contributed by atoms with Crippen LogP contribution < -0.4 is 0 Å². The van der Waals surface area contributed by atoms with Crippen LogP contribution in [0.4, 0.5) is 0 Å². The summed E-state index contributed by atoms with van der Waals surface area (Å²) in [7, 11) is -1.10. The molecule has 0 unspecified atom stereocenters. The fourth-order valence-electron chi connectivity index (χ4n) is 13.4. The SMILES string of the molecule is CCCCCCCCC1CN2C(=S)N3Cc4c5ccccc5c(c5ccccc45)CN4C(=S)N5CC(CCCCCCCC)CN6C(=S)N(Cc7c8ccccc8c(c8ccccc78)CN7C(=S)N(C1)C2=S37)S4=C56. The molecular weight excluding hydrogens is 1030 g/mol. The highest BCUT2D eigenvalue weighted by Gasteiger charge is 2.53. The third-order valence-electron chi connectivity index (χ3n) is 17.1. The minimum absolute atomic E-state index is 0.479. The Kier molecular flexibility index (Phi) is 13.6. The minimum atomic E-state index is -0.552. The summed E-state index contributed by atoms with van der Waals surface area (Å²) in [5.41, 5.74) is 5.26. The molecule has 8 nitrogen and oxygen atoms in total. The van der Waals surface area contributed by atoms with E-state index in [0.29, 0.717) is 38.0 Å². The maximum absolute atomic E-state index is 6.79. The summed E-state index contributed by atoms with van der Waals surface area (Å²) < 4.78 is 10.3. The van der Waals surface area contributed by atoms with Gasteiger partial charge >= 0.3 is 0 Å². The van der Waals surface area contributed by atoms with Gasteiger partial charge in [-0.15, -0.1) is 0 Å². The Labute approximate surface area is 464 Å². The van der Waals surface area contributed by atoms with Gasteiger partial charge in [0.2, 0.25) is 0 Å². The Bertz CT molecular complexity index is 2840. The summed E-state index contributed by atoms with van der Waals surface area (Å²) in [4.78, 5) is 10.0. The first-order chi connectivity index (χ1) is 36.3. The normalized spacial score (nSPS) is 20.9. The van der Waals surface area contributed by atoms with Gasteiger partial charge in [-0.3, -0.25) is 36.8 Å². The molecule has 74 heavy (non-hydrogen) atoms. The molecule has 6 aromatic rings. The second kappa shape index (κ2) is 20.5. The molecule has 0 saturated carbocycles. The van der Waals surface area contributed by atoms with Gasteiger partial charge in [0.1, 0.15) is 0 Å². The van der Waals surface area contributed by atoms with Crippen molar-refractivity contribution in [3.05, 3.63) is 119 Å². The average molecular weight is 1090 g/mol. The van der Waals surface area contributed by atoms with Gasteiger partial charge in [0.25, 0.3) is 0 Å². The third-order valence-corrected chi connectivity index (χ3v) is 23.7. The first-order valence-electron chi connectivity index (χ1n) is 27.8. The summed E-state index contributed by atoms with van der Waals surface area (Å²) in [5.74, 6) is 0.959. The highest BCUT2D eigenvalue weighted by atomic mass is 32.2. The summed E-state index contributed by atoms with van der Waals surface area (Å²) in [6.07, 6.45) is 18.0. The number of fused-ring (bicyclic) bond motifs is 6. The Morgan fingerprint density at radius 1 is 0.351 bits per heavy atom. The van der Waals surface area contributed by atoms with Crippen LogP contribution in [0, 0.1) is 11.8 Å². The van der Waals surface area contributed by atoms with Crippen LogP contribution in [0.1, 0.15) is 126 Å². The fraction of sp³-hybridized carbons (Fsp3) is 0.433. The topological polar surface area (TPSA) is 25.9 Å². The Hall–Kier alpha value is -4.44. The summed E-state index contributed by atoms with van der Waals surface area (Å²) >= 11 is 27.2. The molecule has 13 rings (SSSR count). The van der Waals surface area contributed by atoms with Gasteiger partial charge in [-0.2, -0.15) is 0 Å². The van der Waals surface area contributed by atoms with Crippen molar-refractivity contribution in [2.45, 2.75) is 130 Å². The summed E-state index contributed by atoms with van der Waals surface area (Å²) in [6.45, 7) is 11.1. The van der Waals surface area contributed by atoms with Gasteiger partial charge in [0.05, 0.1) is 47.9 Å². The fourth-order valence-corrected chi connectivity index (χ4v) is 20.1. The minimum Gasteiger partial charge on any atom is -0.296 e. The molecule has 7 heterocycles. The van der Waals surface area contributed by atoms with Gasteiger partial charge in [0.15, 0.2) is 30.7 Å². The van der Waals surface area contributed by atoms with E-state index in [9.17, 15) is 0 Å². The lowest BCUT2D eigenvalue weighted by Crippen LogP contribution is -2.56. The zero-order valence-corrected chi connectivity index (χ0v) is 47.9. The molecule has 4 bridgehead atoms. The van der Waals surface area contributed by atoms with E-state index in [2.05, 4.69) is 148 Å². The van der Waals surface area contributed by atoms with Gasteiger partial charge in [0, 0.05) is 26.2 Å². The predicted octanol–water partition coefficient (Wildman–Crippen LogP) is 14.8. The third kappa shape index (κ3) is 8.16. The summed E-state index contributed by atoms with van der Waals surface area (Å²) in [6, 6.07) is 36.6. The zero-order chi connectivity index (χ0) is 50.2. The number of thiocarbonyl (C=S) groups is 4. The van der Waals surface area contributed by atoms with Crippen molar-refractivity contribution < 1.29 is 0 Å². The smallest absolute Gasteiger partial charge is 0.189 e. The molecule has 0 amide bonds. The molecule has 0 aliphatic carbocycles. The van der Waals surface area contributed by atoms with Crippen LogP contribution in [0.3, 0.4) is 0 Å². The van der Waals surface area contributed by atoms with E-state index in [1.165, 1.54) is 165 Å².